The minimum Gasteiger partial charge on any atom is -0.480 e. The monoisotopic (exact) mass is 343 g/mol. The summed E-state index contributed by atoms with van der Waals surface area (Å²) in [5, 5.41) is 8.59. The summed E-state index contributed by atoms with van der Waals surface area (Å²) in [6, 6.07) is 3.57. The van der Waals surface area contributed by atoms with Crippen LogP contribution in [0.25, 0.3) is 0 Å². The van der Waals surface area contributed by atoms with E-state index in [4.69, 9.17) is 5.11 Å². The van der Waals surface area contributed by atoms with E-state index >= 15 is 0 Å². The lowest BCUT2D eigenvalue weighted by molar-refractivity contribution is -0.154. The molecule has 0 saturated carbocycles. The zero-order chi connectivity index (χ0) is 14.6. The molecule has 8 heteroatoms. The largest absolute Gasteiger partial charge is 0.480 e. The number of aliphatic carboxylic acids is 1. The van der Waals surface area contributed by atoms with Gasteiger partial charge in [-0.3, -0.25) is 9.69 Å². The minimum atomic E-state index is -4.52. The van der Waals surface area contributed by atoms with E-state index in [9.17, 15) is 22.4 Å². The zero-order valence-corrected chi connectivity index (χ0v) is 11.1. The molecule has 0 heterocycles. The first-order valence-corrected chi connectivity index (χ1v) is 5.91. The quantitative estimate of drug-likeness (QED) is 0.835. The summed E-state index contributed by atoms with van der Waals surface area (Å²) in [5.74, 6) is -1.97. The van der Waals surface area contributed by atoms with Gasteiger partial charge in [0.2, 0.25) is 0 Å². The van der Waals surface area contributed by atoms with Gasteiger partial charge < -0.3 is 5.11 Å². The average Bonchev–Trinajstić information content (AvgIpc) is 2.20. The Morgan fingerprint density at radius 2 is 2.00 bits per heavy atom. The van der Waals surface area contributed by atoms with Crippen LogP contribution >= 0.6 is 15.9 Å². The van der Waals surface area contributed by atoms with Crippen molar-refractivity contribution in [2.75, 3.05) is 13.1 Å². The SMILES string of the molecule is O=C(O)CN(Cc1cc(F)ccc1Br)CC(F)(F)F. The van der Waals surface area contributed by atoms with Crippen molar-refractivity contribution in [3.8, 4) is 0 Å². The summed E-state index contributed by atoms with van der Waals surface area (Å²) in [7, 11) is 0. The molecule has 0 bridgehead atoms. The Labute approximate surface area is 115 Å². The molecular formula is C11H10BrF4NO2. The molecule has 0 aliphatic carbocycles. The number of carboxylic acids is 1. The lowest BCUT2D eigenvalue weighted by Crippen LogP contribution is -2.37. The third kappa shape index (κ3) is 6.02. The highest BCUT2D eigenvalue weighted by molar-refractivity contribution is 9.10. The summed E-state index contributed by atoms with van der Waals surface area (Å²) in [4.78, 5) is 11.2. The van der Waals surface area contributed by atoms with Crippen LogP contribution in [0, 0.1) is 5.82 Å². The first-order valence-electron chi connectivity index (χ1n) is 5.12. The second kappa shape index (κ2) is 6.33. The van der Waals surface area contributed by atoms with E-state index in [0.717, 1.165) is 12.1 Å². The highest BCUT2D eigenvalue weighted by atomic mass is 79.9. The Morgan fingerprint density at radius 1 is 1.37 bits per heavy atom. The summed E-state index contributed by atoms with van der Waals surface area (Å²) >= 11 is 3.08. The third-order valence-electron chi connectivity index (χ3n) is 2.16. The van der Waals surface area contributed by atoms with Gasteiger partial charge in [-0.15, -0.1) is 0 Å². The third-order valence-corrected chi connectivity index (χ3v) is 2.94. The maximum atomic E-state index is 13.0. The van der Waals surface area contributed by atoms with E-state index in [1.807, 2.05) is 0 Å². The Hall–Kier alpha value is -1.15. The molecular weight excluding hydrogens is 334 g/mol. The Balaban J connectivity index is 2.87. The van der Waals surface area contributed by atoms with Crippen molar-refractivity contribution >= 4 is 21.9 Å². The Bertz CT molecular complexity index is 464. The molecule has 0 aliphatic heterocycles. The fraction of sp³-hybridized carbons (Fsp3) is 0.364. The smallest absolute Gasteiger partial charge is 0.401 e. The molecule has 1 aromatic carbocycles. The van der Waals surface area contributed by atoms with E-state index < -0.39 is 31.1 Å². The van der Waals surface area contributed by atoms with Crippen LogP contribution in [0.15, 0.2) is 22.7 Å². The maximum absolute atomic E-state index is 13.0. The number of hydrogen-bond donors (Lipinski definition) is 1. The zero-order valence-electron chi connectivity index (χ0n) is 9.55. The maximum Gasteiger partial charge on any atom is 0.401 e. The Morgan fingerprint density at radius 3 is 2.53 bits per heavy atom. The van der Waals surface area contributed by atoms with Crippen molar-refractivity contribution in [3.63, 3.8) is 0 Å². The number of carbonyl (C=O) groups is 1. The van der Waals surface area contributed by atoms with Gasteiger partial charge in [0.1, 0.15) is 5.82 Å². The molecule has 0 fully saturated rings. The van der Waals surface area contributed by atoms with E-state index in [1.165, 1.54) is 6.07 Å². The lowest BCUT2D eigenvalue weighted by atomic mass is 10.2. The van der Waals surface area contributed by atoms with Crippen LogP contribution in [0.2, 0.25) is 0 Å². The van der Waals surface area contributed by atoms with Crippen molar-refractivity contribution in [1.82, 2.24) is 4.90 Å². The first-order chi connectivity index (χ1) is 8.67. The molecule has 19 heavy (non-hydrogen) atoms. The van der Waals surface area contributed by atoms with E-state index in [-0.39, 0.29) is 12.1 Å². The van der Waals surface area contributed by atoms with Gasteiger partial charge in [0.25, 0.3) is 0 Å². The molecule has 0 aliphatic rings. The molecule has 1 N–H and O–H groups in total. The molecule has 0 amide bonds. The molecule has 1 aromatic rings. The summed E-state index contributed by atoms with van der Waals surface area (Å²) in [5.41, 5.74) is 0.255. The predicted molar refractivity (Wildman–Crippen MR) is 63.1 cm³/mol. The standard InChI is InChI=1S/C11H10BrF4NO2/c12-9-2-1-8(13)3-7(9)4-17(5-10(18)19)6-11(14,15)16/h1-3H,4-6H2,(H,18,19). The van der Waals surface area contributed by atoms with Crippen LogP contribution < -0.4 is 0 Å². The van der Waals surface area contributed by atoms with Crippen LogP contribution in [0.1, 0.15) is 5.56 Å². The topological polar surface area (TPSA) is 40.5 Å². The van der Waals surface area contributed by atoms with Crippen LogP contribution in [0.4, 0.5) is 17.6 Å². The fourth-order valence-corrected chi connectivity index (χ4v) is 1.89. The number of hydrogen-bond acceptors (Lipinski definition) is 2. The molecule has 0 aromatic heterocycles. The summed E-state index contributed by atoms with van der Waals surface area (Å²) < 4.78 is 50.4. The van der Waals surface area contributed by atoms with Gasteiger partial charge in [0.05, 0.1) is 13.1 Å². The van der Waals surface area contributed by atoms with Gasteiger partial charge in [-0.2, -0.15) is 13.2 Å². The Kier molecular flexibility index (Phi) is 5.30. The second-order valence-electron chi connectivity index (χ2n) is 3.89. The van der Waals surface area contributed by atoms with Gasteiger partial charge in [-0.25, -0.2) is 4.39 Å². The summed E-state index contributed by atoms with van der Waals surface area (Å²) in [6.07, 6.45) is -4.52. The van der Waals surface area contributed by atoms with Gasteiger partial charge >= 0.3 is 12.1 Å². The summed E-state index contributed by atoms with van der Waals surface area (Å²) in [6.45, 7) is -2.46. The van der Waals surface area contributed by atoms with Gasteiger partial charge in [-0.05, 0) is 23.8 Å². The molecule has 0 unspecified atom stereocenters. The van der Waals surface area contributed by atoms with Crippen LogP contribution in [0.5, 0.6) is 0 Å². The molecule has 0 saturated heterocycles. The minimum absolute atomic E-state index is 0.255. The number of carboxylic acid groups (broad SMARTS) is 1. The lowest BCUT2D eigenvalue weighted by Gasteiger charge is -2.22. The van der Waals surface area contributed by atoms with Crippen LogP contribution in [0.3, 0.4) is 0 Å². The van der Waals surface area contributed by atoms with Crippen molar-refractivity contribution < 1.29 is 27.5 Å². The number of halogens is 5. The molecule has 0 atom stereocenters. The highest BCUT2D eigenvalue weighted by Crippen LogP contribution is 2.22. The molecule has 1 rings (SSSR count). The van der Waals surface area contributed by atoms with Crippen molar-refractivity contribution in [2.24, 2.45) is 0 Å². The molecule has 0 radical (unpaired) electrons. The van der Waals surface area contributed by atoms with E-state index in [0.29, 0.717) is 9.37 Å². The number of alkyl halides is 3. The van der Waals surface area contributed by atoms with Crippen LogP contribution in [-0.2, 0) is 11.3 Å². The van der Waals surface area contributed by atoms with Crippen LogP contribution in [-0.4, -0.2) is 35.2 Å². The highest BCUT2D eigenvalue weighted by Gasteiger charge is 2.31. The molecule has 0 spiro atoms. The van der Waals surface area contributed by atoms with E-state index in [2.05, 4.69) is 15.9 Å². The first kappa shape index (κ1) is 15.9. The predicted octanol–water partition coefficient (Wildman–Crippen LogP) is 3.04. The van der Waals surface area contributed by atoms with Gasteiger partial charge in [0.15, 0.2) is 0 Å². The number of nitrogens with zero attached hydrogens (tertiary/aromatic N) is 1. The van der Waals surface area contributed by atoms with Crippen molar-refractivity contribution in [1.29, 1.82) is 0 Å². The van der Waals surface area contributed by atoms with Crippen molar-refractivity contribution in [3.05, 3.63) is 34.1 Å². The number of rotatable bonds is 5. The van der Waals surface area contributed by atoms with Gasteiger partial charge in [0, 0.05) is 11.0 Å². The van der Waals surface area contributed by atoms with Crippen molar-refractivity contribution in [2.45, 2.75) is 12.7 Å². The number of benzene rings is 1. The fourth-order valence-electron chi connectivity index (χ4n) is 1.52. The normalized spacial score (nSPS) is 11.9. The van der Waals surface area contributed by atoms with E-state index in [1.54, 1.807) is 0 Å². The molecule has 106 valence electrons. The van der Waals surface area contributed by atoms with Gasteiger partial charge in [-0.1, -0.05) is 15.9 Å². The average molecular weight is 344 g/mol. The molecule has 3 nitrogen and oxygen atoms in total. The second-order valence-corrected chi connectivity index (χ2v) is 4.74.